The molecule has 1 aromatic rings. The van der Waals surface area contributed by atoms with Crippen molar-refractivity contribution in [3.63, 3.8) is 0 Å². The van der Waals surface area contributed by atoms with Gasteiger partial charge in [-0.25, -0.2) is 9.78 Å². The van der Waals surface area contributed by atoms with Gasteiger partial charge in [-0.15, -0.1) is 0 Å². The average molecular weight is 324 g/mol. The molecule has 1 atom stereocenters. The van der Waals surface area contributed by atoms with Crippen molar-refractivity contribution in [1.82, 2.24) is 19.8 Å². The third-order valence-electron chi connectivity index (χ3n) is 3.59. The molecular formula is C16H28N4O3. The molecule has 1 amide bonds. The van der Waals surface area contributed by atoms with Gasteiger partial charge >= 0.3 is 6.09 Å². The molecule has 1 unspecified atom stereocenters. The molecule has 1 aliphatic heterocycles. The number of hydrogen-bond acceptors (Lipinski definition) is 5. The average Bonchev–Trinajstić information content (AvgIpc) is 2.84. The normalized spacial score (nSPS) is 19.6. The van der Waals surface area contributed by atoms with Gasteiger partial charge in [0, 0.05) is 37.9 Å². The van der Waals surface area contributed by atoms with E-state index in [9.17, 15) is 4.79 Å². The molecule has 0 aliphatic carbocycles. The van der Waals surface area contributed by atoms with Crippen LogP contribution < -0.4 is 5.32 Å². The summed E-state index contributed by atoms with van der Waals surface area (Å²) in [4.78, 5) is 18.1. The van der Waals surface area contributed by atoms with E-state index in [-0.39, 0.29) is 12.2 Å². The molecule has 0 spiro atoms. The lowest BCUT2D eigenvalue weighted by atomic mass is 10.2. The van der Waals surface area contributed by atoms with E-state index in [0.29, 0.717) is 13.0 Å². The second-order valence-corrected chi connectivity index (χ2v) is 6.97. The Kier molecular flexibility index (Phi) is 6.01. The number of hydrogen-bond donors (Lipinski definition) is 1. The minimum absolute atomic E-state index is 0.181. The summed E-state index contributed by atoms with van der Waals surface area (Å²) < 4.78 is 13.1. The molecule has 0 bridgehead atoms. The van der Waals surface area contributed by atoms with E-state index in [2.05, 4.69) is 26.8 Å². The van der Waals surface area contributed by atoms with Gasteiger partial charge in [0.15, 0.2) is 0 Å². The van der Waals surface area contributed by atoms with Crippen molar-refractivity contribution in [2.75, 3.05) is 33.3 Å². The minimum Gasteiger partial charge on any atom is -0.444 e. The number of nitrogens with one attached hydrogen (secondary N) is 1. The van der Waals surface area contributed by atoms with E-state index < -0.39 is 5.60 Å². The SMILES string of the molecule is CN1CCOC(Cn2cncc2CCNC(=O)OC(C)(C)C)C1. The number of carbonyl (C=O) groups is 1. The lowest BCUT2D eigenvalue weighted by Gasteiger charge is -2.30. The zero-order valence-corrected chi connectivity index (χ0v) is 14.5. The molecule has 1 N–H and O–H groups in total. The van der Waals surface area contributed by atoms with E-state index in [4.69, 9.17) is 9.47 Å². The van der Waals surface area contributed by atoms with Crippen LogP contribution in [0.25, 0.3) is 0 Å². The lowest BCUT2D eigenvalue weighted by Crippen LogP contribution is -2.42. The standard InChI is InChI=1S/C16H28N4O3/c1-16(2,3)23-15(21)18-6-5-13-9-17-12-20(13)11-14-10-19(4)7-8-22-14/h9,12,14H,5-8,10-11H2,1-4H3,(H,18,21). The summed E-state index contributed by atoms with van der Waals surface area (Å²) in [5.74, 6) is 0. The molecule has 1 aliphatic rings. The summed E-state index contributed by atoms with van der Waals surface area (Å²) in [6, 6.07) is 0. The summed E-state index contributed by atoms with van der Waals surface area (Å²) in [7, 11) is 2.11. The molecule has 1 saturated heterocycles. The van der Waals surface area contributed by atoms with Gasteiger partial charge in [0.05, 0.1) is 25.6 Å². The number of nitrogens with zero attached hydrogens (tertiary/aromatic N) is 3. The zero-order chi connectivity index (χ0) is 16.9. The fourth-order valence-corrected chi connectivity index (χ4v) is 2.52. The van der Waals surface area contributed by atoms with Crippen molar-refractivity contribution in [1.29, 1.82) is 0 Å². The topological polar surface area (TPSA) is 68.6 Å². The van der Waals surface area contributed by atoms with E-state index >= 15 is 0 Å². The third-order valence-corrected chi connectivity index (χ3v) is 3.59. The Hall–Kier alpha value is -1.60. The van der Waals surface area contributed by atoms with Gasteiger partial charge < -0.3 is 24.3 Å². The van der Waals surface area contributed by atoms with Crippen molar-refractivity contribution in [2.24, 2.45) is 0 Å². The fourth-order valence-electron chi connectivity index (χ4n) is 2.52. The highest BCUT2D eigenvalue weighted by Crippen LogP contribution is 2.09. The number of carbonyl (C=O) groups excluding carboxylic acids is 1. The van der Waals surface area contributed by atoms with Gasteiger partial charge in [-0.05, 0) is 27.8 Å². The van der Waals surface area contributed by atoms with Crippen LogP contribution in [0, 0.1) is 0 Å². The van der Waals surface area contributed by atoms with Gasteiger partial charge in [0.2, 0.25) is 0 Å². The van der Waals surface area contributed by atoms with Gasteiger partial charge in [0.25, 0.3) is 0 Å². The molecule has 7 heteroatoms. The zero-order valence-electron chi connectivity index (χ0n) is 14.5. The number of aromatic nitrogens is 2. The van der Waals surface area contributed by atoms with Crippen LogP contribution in [0.2, 0.25) is 0 Å². The summed E-state index contributed by atoms with van der Waals surface area (Å²) in [5.41, 5.74) is 0.605. The highest BCUT2D eigenvalue weighted by molar-refractivity contribution is 5.67. The maximum Gasteiger partial charge on any atom is 0.407 e. The first-order valence-electron chi connectivity index (χ1n) is 8.09. The van der Waals surface area contributed by atoms with Gasteiger partial charge in [-0.1, -0.05) is 0 Å². The Bertz CT molecular complexity index is 510. The van der Waals surface area contributed by atoms with E-state index in [1.807, 2.05) is 33.3 Å². The van der Waals surface area contributed by atoms with Crippen LogP contribution in [-0.2, 0) is 22.4 Å². The van der Waals surface area contributed by atoms with E-state index in [1.165, 1.54) is 0 Å². The fraction of sp³-hybridized carbons (Fsp3) is 0.750. The maximum atomic E-state index is 11.6. The monoisotopic (exact) mass is 324 g/mol. The summed E-state index contributed by atoms with van der Waals surface area (Å²) in [6.45, 7) is 9.53. The Morgan fingerprint density at radius 2 is 2.30 bits per heavy atom. The van der Waals surface area contributed by atoms with Crippen molar-refractivity contribution < 1.29 is 14.3 Å². The number of likely N-dealkylation sites (N-methyl/N-ethyl adjacent to an activating group) is 1. The van der Waals surface area contributed by atoms with Crippen LogP contribution in [0.5, 0.6) is 0 Å². The van der Waals surface area contributed by atoms with Crippen LogP contribution in [-0.4, -0.2) is 65.5 Å². The molecule has 0 aromatic carbocycles. The number of imidazole rings is 1. The van der Waals surface area contributed by atoms with Gasteiger partial charge in [-0.2, -0.15) is 0 Å². The maximum absolute atomic E-state index is 11.6. The quantitative estimate of drug-likeness (QED) is 0.884. The van der Waals surface area contributed by atoms with Crippen molar-refractivity contribution in [2.45, 2.75) is 45.4 Å². The molecule has 7 nitrogen and oxygen atoms in total. The van der Waals surface area contributed by atoms with Crippen molar-refractivity contribution >= 4 is 6.09 Å². The minimum atomic E-state index is -0.476. The lowest BCUT2D eigenvalue weighted by molar-refractivity contribution is -0.0278. The molecule has 2 rings (SSSR count). The Balaban J connectivity index is 1.78. The molecular weight excluding hydrogens is 296 g/mol. The van der Waals surface area contributed by atoms with Crippen molar-refractivity contribution in [3.8, 4) is 0 Å². The van der Waals surface area contributed by atoms with Crippen LogP contribution in [0.4, 0.5) is 4.79 Å². The summed E-state index contributed by atoms with van der Waals surface area (Å²) in [5, 5.41) is 2.77. The predicted molar refractivity (Wildman–Crippen MR) is 87.4 cm³/mol. The Morgan fingerprint density at radius 1 is 1.52 bits per heavy atom. The second kappa shape index (κ2) is 7.79. The molecule has 0 saturated carbocycles. The first-order valence-corrected chi connectivity index (χ1v) is 8.09. The Labute approximate surface area is 138 Å². The van der Waals surface area contributed by atoms with Crippen LogP contribution in [0.1, 0.15) is 26.5 Å². The van der Waals surface area contributed by atoms with Crippen LogP contribution in [0.3, 0.4) is 0 Å². The molecule has 0 radical (unpaired) electrons. The first-order chi connectivity index (χ1) is 10.8. The third kappa shape index (κ3) is 6.19. The number of alkyl carbamates (subject to hydrolysis) is 1. The molecule has 1 aromatic heterocycles. The molecule has 2 heterocycles. The smallest absolute Gasteiger partial charge is 0.407 e. The number of morpholine rings is 1. The molecule has 23 heavy (non-hydrogen) atoms. The van der Waals surface area contributed by atoms with Crippen LogP contribution in [0.15, 0.2) is 12.5 Å². The van der Waals surface area contributed by atoms with Gasteiger partial charge in [0.1, 0.15) is 5.60 Å². The highest BCUT2D eigenvalue weighted by Gasteiger charge is 2.19. The van der Waals surface area contributed by atoms with E-state index in [1.54, 1.807) is 0 Å². The largest absolute Gasteiger partial charge is 0.444 e. The van der Waals surface area contributed by atoms with Gasteiger partial charge in [-0.3, -0.25) is 0 Å². The second-order valence-electron chi connectivity index (χ2n) is 6.97. The highest BCUT2D eigenvalue weighted by atomic mass is 16.6. The number of amides is 1. The van der Waals surface area contributed by atoms with Crippen molar-refractivity contribution in [3.05, 3.63) is 18.2 Å². The Morgan fingerprint density at radius 3 is 3.00 bits per heavy atom. The van der Waals surface area contributed by atoms with E-state index in [0.717, 1.165) is 31.9 Å². The molecule has 130 valence electrons. The summed E-state index contributed by atoms with van der Waals surface area (Å²) >= 11 is 0. The molecule has 1 fully saturated rings. The number of ether oxygens (including phenoxy) is 2. The first kappa shape index (κ1) is 17.7. The van der Waals surface area contributed by atoms with Crippen LogP contribution >= 0.6 is 0 Å². The predicted octanol–water partition coefficient (Wildman–Crippen LogP) is 1.28. The summed E-state index contributed by atoms with van der Waals surface area (Å²) in [6.07, 6.45) is 4.16. The number of rotatable bonds is 5.